The number of nitrogens with zero attached hydrogens (tertiary/aromatic N) is 1. The fourth-order valence-corrected chi connectivity index (χ4v) is 2.62. The molecule has 90 valence electrons. The van der Waals surface area contributed by atoms with Crippen molar-refractivity contribution in [1.29, 1.82) is 0 Å². The number of hydrogen-bond acceptors (Lipinski definition) is 3. The van der Waals surface area contributed by atoms with Gasteiger partial charge in [-0.1, -0.05) is 13.8 Å². The van der Waals surface area contributed by atoms with Crippen molar-refractivity contribution in [2.24, 2.45) is 11.3 Å². The minimum atomic E-state index is 0.326. The zero-order valence-corrected chi connectivity index (χ0v) is 10.3. The van der Waals surface area contributed by atoms with Gasteiger partial charge in [0.25, 0.3) is 0 Å². The Balaban J connectivity index is 2.41. The van der Waals surface area contributed by atoms with Crippen LogP contribution in [0.1, 0.15) is 26.7 Å². The molecule has 1 rings (SSSR count). The summed E-state index contributed by atoms with van der Waals surface area (Å²) >= 11 is 0. The van der Waals surface area contributed by atoms with Crippen molar-refractivity contribution in [2.45, 2.75) is 26.7 Å². The molecule has 0 radical (unpaired) electrons. The molecule has 1 N–H and O–H groups in total. The Morgan fingerprint density at radius 1 is 1.47 bits per heavy atom. The van der Waals surface area contributed by atoms with Crippen LogP contribution in [0.2, 0.25) is 0 Å². The van der Waals surface area contributed by atoms with Gasteiger partial charge in [0.1, 0.15) is 0 Å². The SMILES string of the molecule is COCCN1CCC(CCO)C(C)(C)C1. The zero-order valence-electron chi connectivity index (χ0n) is 10.3. The van der Waals surface area contributed by atoms with Crippen molar-refractivity contribution in [3.05, 3.63) is 0 Å². The first kappa shape index (κ1) is 12.9. The second-order valence-corrected chi connectivity index (χ2v) is 5.26. The van der Waals surface area contributed by atoms with Gasteiger partial charge >= 0.3 is 0 Å². The van der Waals surface area contributed by atoms with E-state index in [0.29, 0.717) is 17.9 Å². The van der Waals surface area contributed by atoms with Crippen molar-refractivity contribution in [2.75, 3.05) is 40.0 Å². The van der Waals surface area contributed by atoms with Crippen LogP contribution in [0.25, 0.3) is 0 Å². The Kier molecular flexibility index (Phi) is 5.03. The van der Waals surface area contributed by atoms with Crippen LogP contribution in [-0.2, 0) is 4.74 Å². The van der Waals surface area contributed by atoms with Gasteiger partial charge in [-0.25, -0.2) is 0 Å². The lowest BCUT2D eigenvalue weighted by atomic mass is 9.72. The van der Waals surface area contributed by atoms with E-state index in [4.69, 9.17) is 9.84 Å². The molecule has 1 atom stereocenters. The van der Waals surface area contributed by atoms with Crippen molar-refractivity contribution in [3.63, 3.8) is 0 Å². The molecule has 1 aliphatic heterocycles. The Morgan fingerprint density at radius 2 is 2.20 bits per heavy atom. The van der Waals surface area contributed by atoms with Crippen molar-refractivity contribution in [3.8, 4) is 0 Å². The summed E-state index contributed by atoms with van der Waals surface area (Å²) in [7, 11) is 1.75. The van der Waals surface area contributed by atoms with E-state index in [0.717, 1.165) is 32.7 Å². The smallest absolute Gasteiger partial charge is 0.0589 e. The first-order chi connectivity index (χ1) is 7.10. The molecule has 3 nitrogen and oxygen atoms in total. The van der Waals surface area contributed by atoms with E-state index in [2.05, 4.69) is 18.7 Å². The molecule has 0 spiro atoms. The highest BCUT2D eigenvalue weighted by atomic mass is 16.5. The molecule has 0 amide bonds. The Bertz CT molecular complexity index is 182. The van der Waals surface area contributed by atoms with E-state index in [1.54, 1.807) is 7.11 Å². The number of hydrogen-bond donors (Lipinski definition) is 1. The van der Waals surface area contributed by atoms with E-state index in [1.807, 2.05) is 0 Å². The maximum Gasteiger partial charge on any atom is 0.0589 e. The maximum absolute atomic E-state index is 9.02. The summed E-state index contributed by atoms with van der Waals surface area (Å²) in [6, 6.07) is 0. The van der Waals surface area contributed by atoms with Crippen LogP contribution in [0.15, 0.2) is 0 Å². The average molecular weight is 215 g/mol. The molecule has 1 heterocycles. The average Bonchev–Trinajstić information content (AvgIpc) is 2.18. The highest BCUT2D eigenvalue weighted by molar-refractivity contribution is 4.86. The van der Waals surface area contributed by atoms with E-state index in [9.17, 15) is 0 Å². The largest absolute Gasteiger partial charge is 0.396 e. The highest BCUT2D eigenvalue weighted by Gasteiger charge is 2.34. The zero-order chi connectivity index (χ0) is 11.3. The number of ether oxygens (including phenoxy) is 1. The van der Waals surface area contributed by atoms with Crippen molar-refractivity contribution < 1.29 is 9.84 Å². The van der Waals surface area contributed by atoms with Gasteiger partial charge in [-0.2, -0.15) is 0 Å². The van der Waals surface area contributed by atoms with Crippen molar-refractivity contribution in [1.82, 2.24) is 4.90 Å². The molecule has 0 aliphatic carbocycles. The Morgan fingerprint density at radius 3 is 2.73 bits per heavy atom. The minimum Gasteiger partial charge on any atom is -0.396 e. The third-order valence-electron chi connectivity index (χ3n) is 3.62. The van der Waals surface area contributed by atoms with Crippen LogP contribution in [-0.4, -0.2) is 50.0 Å². The van der Waals surface area contributed by atoms with Crippen molar-refractivity contribution >= 4 is 0 Å². The summed E-state index contributed by atoms with van der Waals surface area (Å²) in [4.78, 5) is 2.47. The molecular weight excluding hydrogens is 190 g/mol. The number of methoxy groups -OCH3 is 1. The molecular formula is C12H25NO2. The molecule has 1 saturated heterocycles. The van der Waals surface area contributed by atoms with Crippen LogP contribution in [0.5, 0.6) is 0 Å². The summed E-state index contributed by atoms with van der Waals surface area (Å²) in [5.74, 6) is 0.668. The Labute approximate surface area is 93.4 Å². The second kappa shape index (κ2) is 5.83. The number of rotatable bonds is 5. The van der Waals surface area contributed by atoms with Gasteiger partial charge in [0, 0.05) is 26.8 Å². The van der Waals surface area contributed by atoms with E-state index < -0.39 is 0 Å². The summed E-state index contributed by atoms with van der Waals surface area (Å²) < 4.78 is 5.11. The molecule has 0 aromatic carbocycles. The summed E-state index contributed by atoms with van der Waals surface area (Å²) in [5, 5.41) is 9.02. The molecule has 0 aromatic rings. The quantitative estimate of drug-likeness (QED) is 0.751. The lowest BCUT2D eigenvalue weighted by Crippen LogP contribution is -2.46. The molecule has 1 aliphatic rings. The molecule has 3 heteroatoms. The van der Waals surface area contributed by atoms with Gasteiger partial charge in [-0.15, -0.1) is 0 Å². The number of aliphatic hydroxyl groups excluding tert-OH is 1. The number of likely N-dealkylation sites (tertiary alicyclic amines) is 1. The minimum absolute atomic E-state index is 0.326. The van der Waals surface area contributed by atoms with Gasteiger partial charge in [0.2, 0.25) is 0 Å². The van der Waals surface area contributed by atoms with Gasteiger partial charge in [0.05, 0.1) is 6.61 Å². The van der Waals surface area contributed by atoms with Crippen LogP contribution in [0, 0.1) is 11.3 Å². The third kappa shape index (κ3) is 3.74. The number of aliphatic hydroxyl groups is 1. The molecule has 1 fully saturated rings. The first-order valence-electron chi connectivity index (χ1n) is 5.92. The fourth-order valence-electron chi connectivity index (χ4n) is 2.62. The maximum atomic E-state index is 9.02. The standard InChI is InChI=1S/C12H25NO2/c1-12(2)10-13(7-9-15-3)6-4-11(12)5-8-14/h11,14H,4-10H2,1-3H3. The fraction of sp³-hybridized carbons (Fsp3) is 1.00. The predicted molar refractivity (Wildman–Crippen MR) is 61.9 cm³/mol. The first-order valence-corrected chi connectivity index (χ1v) is 5.92. The monoisotopic (exact) mass is 215 g/mol. The lowest BCUT2D eigenvalue weighted by Gasteiger charge is -2.44. The second-order valence-electron chi connectivity index (χ2n) is 5.26. The summed E-state index contributed by atoms with van der Waals surface area (Å²) in [6.07, 6.45) is 2.16. The van der Waals surface area contributed by atoms with Gasteiger partial charge in [-0.05, 0) is 30.7 Å². The topological polar surface area (TPSA) is 32.7 Å². The lowest BCUT2D eigenvalue weighted by molar-refractivity contribution is 0.0275. The van der Waals surface area contributed by atoms with Crippen LogP contribution in [0.4, 0.5) is 0 Å². The van der Waals surface area contributed by atoms with Gasteiger partial charge < -0.3 is 14.7 Å². The van der Waals surface area contributed by atoms with Gasteiger partial charge in [0.15, 0.2) is 0 Å². The summed E-state index contributed by atoms with van der Waals surface area (Å²) in [5.41, 5.74) is 0.328. The van der Waals surface area contributed by atoms with E-state index in [1.165, 1.54) is 6.42 Å². The van der Waals surface area contributed by atoms with Crippen LogP contribution in [0.3, 0.4) is 0 Å². The Hall–Kier alpha value is -0.120. The van der Waals surface area contributed by atoms with E-state index in [-0.39, 0.29) is 0 Å². The molecule has 0 aromatic heterocycles. The molecule has 1 unspecified atom stereocenters. The molecule has 15 heavy (non-hydrogen) atoms. The molecule has 0 saturated carbocycles. The predicted octanol–water partition coefficient (Wildman–Crippen LogP) is 1.36. The normalized spacial score (nSPS) is 26.8. The molecule has 0 bridgehead atoms. The number of piperidine rings is 1. The van der Waals surface area contributed by atoms with Crippen LogP contribution < -0.4 is 0 Å². The highest BCUT2D eigenvalue weighted by Crippen LogP contribution is 2.36. The van der Waals surface area contributed by atoms with Gasteiger partial charge in [-0.3, -0.25) is 0 Å². The third-order valence-corrected chi connectivity index (χ3v) is 3.62. The van der Waals surface area contributed by atoms with E-state index >= 15 is 0 Å². The van der Waals surface area contributed by atoms with Crippen LogP contribution >= 0.6 is 0 Å². The summed E-state index contributed by atoms with van der Waals surface area (Å²) in [6.45, 7) is 9.08.